The third kappa shape index (κ3) is 3.59. The number of nitrogens with one attached hydrogen (secondary N) is 1. The van der Waals surface area contributed by atoms with E-state index in [-0.39, 0.29) is 0 Å². The zero-order valence-electron chi connectivity index (χ0n) is 12.8. The first-order valence-electron chi connectivity index (χ1n) is 7.17. The first kappa shape index (κ1) is 15.9. The summed E-state index contributed by atoms with van der Waals surface area (Å²) >= 11 is 2.33. The number of nitrogens with zero attached hydrogens (tertiary/aromatic N) is 4. The van der Waals surface area contributed by atoms with Crippen LogP contribution in [0.4, 0.5) is 5.82 Å². The quantitative estimate of drug-likeness (QED) is 0.791. The Morgan fingerprint density at radius 1 is 1.30 bits per heavy atom. The van der Waals surface area contributed by atoms with E-state index in [1.807, 2.05) is 7.05 Å². The molecule has 1 aromatic rings. The molecule has 2 heterocycles. The summed E-state index contributed by atoms with van der Waals surface area (Å²) in [6, 6.07) is 0.503. The lowest BCUT2D eigenvalue weighted by atomic mass is 10.1. The Kier molecular flexibility index (Phi) is 5.57. The Hall–Kier alpha value is -0.470. The van der Waals surface area contributed by atoms with Crippen molar-refractivity contribution in [1.82, 2.24) is 19.8 Å². The molecule has 1 N–H and O–H groups in total. The molecule has 0 bridgehead atoms. The van der Waals surface area contributed by atoms with Gasteiger partial charge in [0, 0.05) is 39.1 Å². The normalized spacial score (nSPS) is 21.1. The number of aromatic nitrogens is 2. The smallest absolute Gasteiger partial charge is 0.143 e. The highest BCUT2D eigenvalue weighted by molar-refractivity contribution is 14.1. The molecule has 0 spiro atoms. The Bertz CT molecular complexity index is 440. The number of hydrogen-bond donors (Lipinski definition) is 1. The van der Waals surface area contributed by atoms with Gasteiger partial charge in [0.25, 0.3) is 0 Å². The zero-order valence-corrected chi connectivity index (χ0v) is 14.9. The molecule has 6 heteroatoms. The van der Waals surface area contributed by atoms with E-state index in [0.717, 1.165) is 53.4 Å². The fraction of sp³-hybridized carbons (Fsp3) is 0.714. The minimum Gasteiger partial charge on any atom is -0.372 e. The minimum atomic E-state index is 0.503. The van der Waals surface area contributed by atoms with Crippen LogP contribution in [0.25, 0.3) is 0 Å². The third-order valence-corrected chi connectivity index (χ3v) is 5.07. The molecular formula is C14H24IN5. The van der Waals surface area contributed by atoms with Crippen LogP contribution in [0.5, 0.6) is 0 Å². The maximum atomic E-state index is 4.75. The van der Waals surface area contributed by atoms with Gasteiger partial charge < -0.3 is 15.1 Å². The standard InChI is InChI=1S/C14H24IN5/c1-5-11-13(15)14(16-2)18-12(17-11)8-10-9-19(3)6-7-20(10)4/h10H,5-9H2,1-4H3,(H,16,17,18). The summed E-state index contributed by atoms with van der Waals surface area (Å²) in [7, 11) is 6.31. The molecule has 1 saturated heterocycles. The van der Waals surface area contributed by atoms with E-state index >= 15 is 0 Å². The van der Waals surface area contributed by atoms with Gasteiger partial charge in [-0.25, -0.2) is 9.97 Å². The number of hydrogen-bond acceptors (Lipinski definition) is 5. The van der Waals surface area contributed by atoms with Crippen LogP contribution in [0, 0.1) is 3.57 Å². The summed E-state index contributed by atoms with van der Waals surface area (Å²) in [5, 5.41) is 3.18. The Morgan fingerprint density at radius 2 is 2.05 bits per heavy atom. The van der Waals surface area contributed by atoms with Gasteiger partial charge in [0.1, 0.15) is 11.6 Å². The van der Waals surface area contributed by atoms with Crippen molar-refractivity contribution < 1.29 is 0 Å². The average Bonchev–Trinajstić information content (AvgIpc) is 2.44. The summed E-state index contributed by atoms with van der Waals surface area (Å²) in [4.78, 5) is 14.2. The van der Waals surface area contributed by atoms with E-state index in [0.29, 0.717) is 6.04 Å². The van der Waals surface area contributed by atoms with Crippen LogP contribution in [0.15, 0.2) is 0 Å². The van der Waals surface area contributed by atoms with Crippen molar-refractivity contribution in [3.05, 3.63) is 15.1 Å². The van der Waals surface area contributed by atoms with E-state index in [1.54, 1.807) is 0 Å². The molecule has 5 nitrogen and oxygen atoms in total. The predicted octanol–water partition coefficient (Wildman–Crippen LogP) is 1.47. The second-order valence-corrected chi connectivity index (χ2v) is 6.53. The molecule has 2 rings (SSSR count). The summed E-state index contributed by atoms with van der Waals surface area (Å²) in [6.07, 6.45) is 1.86. The topological polar surface area (TPSA) is 44.3 Å². The molecule has 1 atom stereocenters. The molecule has 1 unspecified atom stereocenters. The SMILES string of the molecule is CCc1nc(CC2CN(C)CCN2C)nc(NC)c1I. The summed E-state index contributed by atoms with van der Waals surface area (Å²) in [5.41, 5.74) is 1.15. The lowest BCUT2D eigenvalue weighted by Gasteiger charge is -2.37. The van der Waals surface area contributed by atoms with Gasteiger partial charge in [0.2, 0.25) is 0 Å². The number of rotatable bonds is 4. The van der Waals surface area contributed by atoms with Gasteiger partial charge in [-0.1, -0.05) is 6.92 Å². The van der Waals surface area contributed by atoms with Crippen molar-refractivity contribution >= 4 is 28.4 Å². The Labute approximate surface area is 135 Å². The summed E-state index contributed by atoms with van der Waals surface area (Å²) in [5.74, 6) is 1.91. The van der Waals surface area contributed by atoms with Crippen molar-refractivity contribution in [3.8, 4) is 0 Å². The maximum Gasteiger partial charge on any atom is 0.143 e. The van der Waals surface area contributed by atoms with Crippen molar-refractivity contribution in [1.29, 1.82) is 0 Å². The lowest BCUT2D eigenvalue weighted by molar-refractivity contribution is 0.113. The number of aryl methyl sites for hydroxylation is 1. The molecule has 0 aromatic carbocycles. The fourth-order valence-electron chi connectivity index (χ4n) is 2.57. The molecule has 1 fully saturated rings. The van der Waals surface area contributed by atoms with Crippen molar-refractivity contribution in [3.63, 3.8) is 0 Å². The van der Waals surface area contributed by atoms with Crippen LogP contribution in [0.2, 0.25) is 0 Å². The van der Waals surface area contributed by atoms with Crippen LogP contribution in [0.3, 0.4) is 0 Å². The zero-order chi connectivity index (χ0) is 14.7. The highest BCUT2D eigenvalue weighted by atomic mass is 127. The van der Waals surface area contributed by atoms with Crippen LogP contribution in [0.1, 0.15) is 18.4 Å². The first-order chi connectivity index (χ1) is 9.55. The first-order valence-corrected chi connectivity index (χ1v) is 8.24. The van der Waals surface area contributed by atoms with Crippen molar-refractivity contribution in [2.24, 2.45) is 0 Å². The van der Waals surface area contributed by atoms with Crippen molar-refractivity contribution in [2.45, 2.75) is 25.8 Å². The molecule has 0 aliphatic carbocycles. The largest absolute Gasteiger partial charge is 0.372 e. The summed E-state index contributed by atoms with van der Waals surface area (Å²) < 4.78 is 1.14. The fourth-order valence-corrected chi connectivity index (χ4v) is 3.46. The van der Waals surface area contributed by atoms with Crippen LogP contribution in [-0.4, -0.2) is 66.6 Å². The number of anilines is 1. The van der Waals surface area contributed by atoms with Gasteiger partial charge in [-0.15, -0.1) is 0 Å². The molecule has 0 amide bonds. The predicted molar refractivity (Wildman–Crippen MR) is 91.3 cm³/mol. The van der Waals surface area contributed by atoms with E-state index in [9.17, 15) is 0 Å². The van der Waals surface area contributed by atoms with Crippen molar-refractivity contribution in [2.75, 3.05) is 46.1 Å². The van der Waals surface area contributed by atoms with Crippen LogP contribution >= 0.6 is 22.6 Å². The molecule has 0 saturated carbocycles. The van der Waals surface area contributed by atoms with Crippen LogP contribution < -0.4 is 5.32 Å². The molecular weight excluding hydrogens is 365 g/mol. The average molecular weight is 389 g/mol. The highest BCUT2D eigenvalue weighted by Gasteiger charge is 2.24. The lowest BCUT2D eigenvalue weighted by Crippen LogP contribution is -2.51. The van der Waals surface area contributed by atoms with Gasteiger partial charge in [-0.3, -0.25) is 0 Å². The van der Waals surface area contributed by atoms with E-state index in [4.69, 9.17) is 4.98 Å². The highest BCUT2D eigenvalue weighted by Crippen LogP contribution is 2.20. The molecule has 20 heavy (non-hydrogen) atoms. The Balaban J connectivity index is 2.20. The molecule has 1 aliphatic heterocycles. The van der Waals surface area contributed by atoms with E-state index in [1.165, 1.54) is 0 Å². The van der Waals surface area contributed by atoms with Gasteiger partial charge in [0.15, 0.2) is 0 Å². The van der Waals surface area contributed by atoms with Gasteiger partial charge in [0.05, 0.1) is 9.26 Å². The monoisotopic (exact) mass is 389 g/mol. The molecule has 112 valence electrons. The number of halogens is 1. The third-order valence-electron chi connectivity index (χ3n) is 3.94. The molecule has 1 aromatic heterocycles. The molecule has 1 aliphatic rings. The molecule has 0 radical (unpaired) electrons. The second kappa shape index (κ2) is 7.00. The summed E-state index contributed by atoms with van der Waals surface area (Å²) in [6.45, 7) is 5.49. The van der Waals surface area contributed by atoms with Gasteiger partial charge >= 0.3 is 0 Å². The number of piperazine rings is 1. The second-order valence-electron chi connectivity index (χ2n) is 5.45. The van der Waals surface area contributed by atoms with Gasteiger partial charge in [-0.2, -0.15) is 0 Å². The van der Waals surface area contributed by atoms with Crippen LogP contribution in [-0.2, 0) is 12.8 Å². The maximum absolute atomic E-state index is 4.75. The Morgan fingerprint density at radius 3 is 2.70 bits per heavy atom. The minimum absolute atomic E-state index is 0.503. The van der Waals surface area contributed by atoms with E-state index in [2.05, 4.69) is 63.7 Å². The van der Waals surface area contributed by atoms with E-state index < -0.39 is 0 Å². The number of likely N-dealkylation sites (N-methyl/N-ethyl adjacent to an activating group) is 2. The van der Waals surface area contributed by atoms with Gasteiger partial charge in [-0.05, 0) is 43.1 Å².